The number of nitrogens with one attached hydrogen (secondary N) is 2. The highest BCUT2D eigenvalue weighted by Gasteiger charge is 2.22. The summed E-state index contributed by atoms with van der Waals surface area (Å²) in [5.41, 5.74) is 3.57. The Morgan fingerprint density at radius 1 is 0.971 bits per heavy atom. The number of benzene rings is 1. The van der Waals surface area contributed by atoms with Gasteiger partial charge in [-0.2, -0.15) is 9.61 Å². The lowest BCUT2D eigenvalue weighted by Crippen LogP contribution is -2.12. The topological polar surface area (TPSA) is 144 Å². The molecule has 5 aromatic rings. The van der Waals surface area contributed by atoms with E-state index in [1.165, 1.54) is 6.92 Å². The first kappa shape index (κ1) is 22.6. The molecule has 4 heterocycles. The molecule has 0 aliphatic carbocycles. The monoisotopic (exact) mass is 506 g/mol. The number of nitrogens with zero attached hydrogens (tertiary/aromatic N) is 6. The van der Waals surface area contributed by atoms with Crippen LogP contribution in [0.25, 0.3) is 28.3 Å². The third-order valence-electron chi connectivity index (χ3n) is 4.92. The second kappa shape index (κ2) is 8.85. The van der Waals surface area contributed by atoms with Crippen LogP contribution in [0.4, 0.5) is 10.8 Å². The SMILES string of the molecule is CC(=O)Nc1nc(C)c(S(=O)(=O)Nc2ccc(-c3ccc4nnc(-c5ccncc5)n4n3)cc2)s1. The number of sulfonamides is 1. The van der Waals surface area contributed by atoms with Crippen molar-refractivity contribution in [1.29, 1.82) is 0 Å². The fourth-order valence-electron chi connectivity index (χ4n) is 3.37. The molecule has 0 aliphatic heterocycles. The van der Waals surface area contributed by atoms with Gasteiger partial charge in [0.15, 0.2) is 20.8 Å². The average Bonchev–Trinajstić information content (AvgIpc) is 3.42. The van der Waals surface area contributed by atoms with Crippen LogP contribution in [0, 0.1) is 6.92 Å². The van der Waals surface area contributed by atoms with Crippen LogP contribution in [0.5, 0.6) is 0 Å². The maximum Gasteiger partial charge on any atom is 0.273 e. The lowest BCUT2D eigenvalue weighted by molar-refractivity contribution is -0.114. The van der Waals surface area contributed by atoms with Gasteiger partial charge in [-0.15, -0.1) is 10.2 Å². The number of amides is 1. The van der Waals surface area contributed by atoms with Crippen LogP contribution in [0.2, 0.25) is 0 Å². The number of fused-ring (bicyclic) bond motifs is 1. The standard InChI is InChI=1S/C22H18N8O3S2/c1-13-21(34-22(24-13)25-14(2)31)35(32,33)29-17-5-3-15(4-6-17)18-7-8-19-26-27-20(30(19)28-18)16-9-11-23-12-10-16/h3-12,29H,1-2H3,(H,24,25,31). The molecule has 0 spiro atoms. The fourth-order valence-corrected chi connectivity index (χ4v) is 5.89. The Morgan fingerprint density at radius 2 is 1.71 bits per heavy atom. The Morgan fingerprint density at radius 3 is 2.43 bits per heavy atom. The quantitative estimate of drug-likeness (QED) is 0.357. The van der Waals surface area contributed by atoms with E-state index in [2.05, 4.69) is 35.3 Å². The second-order valence-corrected chi connectivity index (χ2v) is 10.4. The predicted molar refractivity (Wildman–Crippen MR) is 131 cm³/mol. The number of anilines is 2. The molecule has 4 aromatic heterocycles. The van der Waals surface area contributed by atoms with Crippen LogP contribution >= 0.6 is 11.3 Å². The molecule has 11 nitrogen and oxygen atoms in total. The summed E-state index contributed by atoms with van der Waals surface area (Å²) in [6.07, 6.45) is 3.35. The number of carbonyl (C=O) groups excluding carboxylic acids is 1. The minimum atomic E-state index is -3.88. The van der Waals surface area contributed by atoms with E-state index in [0.717, 1.165) is 22.5 Å². The van der Waals surface area contributed by atoms with E-state index in [0.29, 0.717) is 28.5 Å². The molecular weight excluding hydrogens is 488 g/mol. The minimum Gasteiger partial charge on any atom is -0.302 e. The minimum absolute atomic E-state index is 0.0358. The average molecular weight is 507 g/mol. The summed E-state index contributed by atoms with van der Waals surface area (Å²) in [5, 5.41) is 15.8. The Labute approximate surface area is 204 Å². The van der Waals surface area contributed by atoms with Gasteiger partial charge in [0, 0.05) is 36.1 Å². The van der Waals surface area contributed by atoms with Gasteiger partial charge in [-0.05, 0) is 43.3 Å². The molecule has 1 aromatic carbocycles. The van der Waals surface area contributed by atoms with Crippen LogP contribution in [-0.4, -0.2) is 44.1 Å². The van der Waals surface area contributed by atoms with Crippen molar-refractivity contribution < 1.29 is 13.2 Å². The van der Waals surface area contributed by atoms with Crippen LogP contribution in [-0.2, 0) is 14.8 Å². The van der Waals surface area contributed by atoms with E-state index < -0.39 is 10.0 Å². The molecule has 35 heavy (non-hydrogen) atoms. The van der Waals surface area contributed by atoms with E-state index in [9.17, 15) is 13.2 Å². The maximum absolute atomic E-state index is 12.9. The van der Waals surface area contributed by atoms with Crippen LogP contribution in [0.1, 0.15) is 12.6 Å². The molecule has 13 heteroatoms. The number of carbonyl (C=O) groups is 1. The zero-order valence-electron chi connectivity index (χ0n) is 18.5. The first-order chi connectivity index (χ1) is 16.8. The molecule has 0 bridgehead atoms. The lowest BCUT2D eigenvalue weighted by atomic mass is 10.1. The van der Waals surface area contributed by atoms with Gasteiger partial charge in [0.05, 0.1) is 11.4 Å². The summed E-state index contributed by atoms with van der Waals surface area (Å²) in [6.45, 7) is 2.91. The van der Waals surface area contributed by atoms with Gasteiger partial charge in [0.1, 0.15) is 0 Å². The third kappa shape index (κ3) is 4.58. The summed E-state index contributed by atoms with van der Waals surface area (Å²) >= 11 is 0.893. The molecule has 0 saturated carbocycles. The lowest BCUT2D eigenvalue weighted by Gasteiger charge is -2.08. The Kier molecular flexibility index (Phi) is 5.70. The molecule has 5 rings (SSSR count). The molecule has 0 saturated heterocycles. The summed E-state index contributed by atoms with van der Waals surface area (Å²) < 4.78 is 30.0. The maximum atomic E-state index is 12.9. The van der Waals surface area contributed by atoms with Crippen LogP contribution in [0.3, 0.4) is 0 Å². The summed E-state index contributed by atoms with van der Waals surface area (Å²) in [7, 11) is -3.88. The molecule has 1 amide bonds. The van der Waals surface area contributed by atoms with E-state index >= 15 is 0 Å². The third-order valence-corrected chi connectivity index (χ3v) is 7.98. The molecule has 0 radical (unpaired) electrons. The molecule has 0 unspecified atom stereocenters. The van der Waals surface area contributed by atoms with E-state index in [1.807, 2.05) is 24.3 Å². The van der Waals surface area contributed by atoms with Crippen molar-refractivity contribution in [3.05, 3.63) is 66.6 Å². The van der Waals surface area contributed by atoms with Gasteiger partial charge < -0.3 is 5.32 Å². The zero-order valence-corrected chi connectivity index (χ0v) is 20.1. The first-order valence-electron chi connectivity index (χ1n) is 10.3. The molecule has 0 aliphatic rings. The van der Waals surface area contributed by atoms with E-state index in [1.54, 1.807) is 48.1 Å². The summed E-state index contributed by atoms with van der Waals surface area (Å²) in [5.74, 6) is 0.268. The number of aromatic nitrogens is 6. The Bertz CT molecular complexity index is 1650. The molecule has 176 valence electrons. The molecular formula is C22H18N8O3S2. The first-order valence-corrected chi connectivity index (χ1v) is 12.6. The van der Waals surface area contributed by atoms with Crippen molar-refractivity contribution in [2.75, 3.05) is 10.0 Å². The number of hydrogen-bond acceptors (Lipinski definition) is 9. The fraction of sp³-hybridized carbons (Fsp3) is 0.0909. The number of hydrogen-bond donors (Lipinski definition) is 2. The van der Waals surface area contributed by atoms with Gasteiger partial charge in [-0.25, -0.2) is 13.4 Å². The number of aryl methyl sites for hydroxylation is 1. The van der Waals surface area contributed by atoms with Gasteiger partial charge in [0.25, 0.3) is 10.0 Å². The number of thiazole rings is 1. The van der Waals surface area contributed by atoms with Gasteiger partial charge in [-0.1, -0.05) is 23.5 Å². The van der Waals surface area contributed by atoms with Crippen molar-refractivity contribution >= 4 is 43.7 Å². The normalized spacial score (nSPS) is 11.5. The van der Waals surface area contributed by atoms with Gasteiger partial charge in [0.2, 0.25) is 5.91 Å². The molecule has 0 atom stereocenters. The van der Waals surface area contributed by atoms with Crippen molar-refractivity contribution in [3.63, 3.8) is 0 Å². The largest absolute Gasteiger partial charge is 0.302 e. The van der Waals surface area contributed by atoms with Gasteiger partial charge in [-0.3, -0.25) is 14.5 Å². The highest BCUT2D eigenvalue weighted by molar-refractivity contribution is 7.94. The predicted octanol–water partition coefficient (Wildman–Crippen LogP) is 3.38. The van der Waals surface area contributed by atoms with Gasteiger partial charge >= 0.3 is 0 Å². The van der Waals surface area contributed by atoms with Crippen molar-refractivity contribution in [2.24, 2.45) is 0 Å². The van der Waals surface area contributed by atoms with Crippen LogP contribution in [0.15, 0.2) is 65.1 Å². The number of rotatable bonds is 6. The van der Waals surface area contributed by atoms with Crippen LogP contribution < -0.4 is 10.0 Å². The smallest absolute Gasteiger partial charge is 0.273 e. The molecule has 0 fully saturated rings. The van der Waals surface area contributed by atoms with Crippen molar-refractivity contribution in [2.45, 2.75) is 18.1 Å². The highest BCUT2D eigenvalue weighted by atomic mass is 32.2. The highest BCUT2D eigenvalue weighted by Crippen LogP contribution is 2.29. The van der Waals surface area contributed by atoms with E-state index in [4.69, 9.17) is 0 Å². The summed E-state index contributed by atoms with van der Waals surface area (Å²) in [6, 6.07) is 14.1. The van der Waals surface area contributed by atoms with E-state index in [-0.39, 0.29) is 15.2 Å². The summed E-state index contributed by atoms with van der Waals surface area (Å²) in [4.78, 5) is 19.4. The Hall–Kier alpha value is -4.23. The number of pyridine rings is 1. The Balaban J connectivity index is 1.40. The zero-order chi connectivity index (χ0) is 24.6. The van der Waals surface area contributed by atoms with Crippen molar-refractivity contribution in [1.82, 2.24) is 29.8 Å². The van der Waals surface area contributed by atoms with Crippen molar-refractivity contribution in [3.8, 4) is 22.6 Å². The second-order valence-electron chi connectivity index (χ2n) is 7.50. The molecule has 2 N–H and O–H groups in total.